The molecule has 0 atom stereocenters. The van der Waals surface area contributed by atoms with Gasteiger partial charge in [0.2, 0.25) is 0 Å². The van der Waals surface area contributed by atoms with Crippen molar-refractivity contribution in [3.05, 3.63) is 76.6 Å². The summed E-state index contributed by atoms with van der Waals surface area (Å²) in [7, 11) is 0. The van der Waals surface area contributed by atoms with E-state index in [1.807, 2.05) is 6.08 Å². The van der Waals surface area contributed by atoms with E-state index in [2.05, 4.69) is 31.2 Å². The van der Waals surface area contributed by atoms with Crippen LogP contribution in [-0.4, -0.2) is 12.2 Å². The Morgan fingerprint density at radius 1 is 0.842 bits per heavy atom. The van der Waals surface area contributed by atoms with Crippen molar-refractivity contribution in [2.45, 2.75) is 95.4 Å². The van der Waals surface area contributed by atoms with Crippen molar-refractivity contribution in [1.29, 1.82) is 0 Å². The van der Waals surface area contributed by atoms with Crippen molar-refractivity contribution < 1.29 is 31.1 Å². The molecule has 0 radical (unpaired) electrons. The molecule has 0 saturated heterocycles. The Morgan fingerprint density at radius 2 is 1.50 bits per heavy atom. The second kappa shape index (κ2) is 12.3. The molecule has 2 saturated carbocycles. The maximum Gasteiger partial charge on any atom is 0.419 e. The standard InChI is InChI=1S/C31H36F6O/c1-2-3-21-6-11-24(12-7-21)25-13-15-26(16-14-25)31(36,37)38-27-17-8-22(9-18-27)4-5-23-10-19-28(29(32)20-23)30(33,34)35/h4-7,10-12,19-20,22,25-27H,2-3,8-9,13-18H2,1H3/b5-4+. The second-order valence-electron chi connectivity index (χ2n) is 10.9. The van der Waals surface area contributed by atoms with Gasteiger partial charge < -0.3 is 4.74 Å². The van der Waals surface area contributed by atoms with E-state index < -0.39 is 35.7 Å². The van der Waals surface area contributed by atoms with Crippen LogP contribution in [0.4, 0.5) is 26.3 Å². The van der Waals surface area contributed by atoms with Gasteiger partial charge in [0, 0.05) is 0 Å². The highest BCUT2D eigenvalue weighted by atomic mass is 19.4. The zero-order valence-electron chi connectivity index (χ0n) is 21.8. The molecule has 2 aromatic rings. The summed E-state index contributed by atoms with van der Waals surface area (Å²) in [6.07, 6.45) is 1.79. The monoisotopic (exact) mass is 538 g/mol. The number of benzene rings is 2. The SMILES string of the molecule is CCCc1ccc(C2CCC(C(F)(F)OC3CCC(/C=C/c4ccc(C(F)(F)F)c(F)c4)CC3)CC2)cc1. The van der Waals surface area contributed by atoms with Crippen LogP contribution >= 0.6 is 0 Å². The van der Waals surface area contributed by atoms with Crippen molar-refractivity contribution in [3.63, 3.8) is 0 Å². The number of ether oxygens (including phenoxy) is 1. The third-order valence-electron chi connectivity index (χ3n) is 8.09. The fraction of sp³-hybridized carbons (Fsp3) is 0.548. The predicted molar refractivity (Wildman–Crippen MR) is 137 cm³/mol. The molecule has 0 spiro atoms. The molecule has 2 fully saturated rings. The zero-order valence-corrected chi connectivity index (χ0v) is 21.8. The summed E-state index contributed by atoms with van der Waals surface area (Å²) in [6.45, 7) is 2.15. The van der Waals surface area contributed by atoms with Crippen LogP contribution in [0, 0.1) is 17.7 Å². The summed E-state index contributed by atoms with van der Waals surface area (Å²) in [6, 6.07) is 11.4. The van der Waals surface area contributed by atoms with Gasteiger partial charge in [-0.3, -0.25) is 0 Å². The highest BCUT2D eigenvalue weighted by Crippen LogP contribution is 2.44. The van der Waals surface area contributed by atoms with E-state index in [-0.39, 0.29) is 5.92 Å². The summed E-state index contributed by atoms with van der Waals surface area (Å²) in [4.78, 5) is 0. The van der Waals surface area contributed by atoms with Crippen molar-refractivity contribution >= 4 is 6.08 Å². The fourth-order valence-electron chi connectivity index (χ4n) is 5.84. The third kappa shape index (κ3) is 7.43. The zero-order chi connectivity index (χ0) is 27.3. The van der Waals surface area contributed by atoms with Gasteiger partial charge in [-0.1, -0.05) is 55.8 Å². The summed E-state index contributed by atoms with van der Waals surface area (Å²) < 4.78 is 87.4. The molecular formula is C31H36F6O. The van der Waals surface area contributed by atoms with Crippen LogP contribution < -0.4 is 0 Å². The van der Waals surface area contributed by atoms with Gasteiger partial charge in [0.15, 0.2) is 0 Å². The molecule has 1 nitrogen and oxygen atoms in total. The average Bonchev–Trinajstić information content (AvgIpc) is 2.88. The second-order valence-corrected chi connectivity index (χ2v) is 10.9. The first-order valence-corrected chi connectivity index (χ1v) is 13.7. The summed E-state index contributed by atoms with van der Waals surface area (Å²) in [5.74, 6) is -1.67. The number of halogens is 6. The summed E-state index contributed by atoms with van der Waals surface area (Å²) in [5.41, 5.74) is 1.59. The molecule has 2 aliphatic rings. The van der Waals surface area contributed by atoms with E-state index in [4.69, 9.17) is 4.74 Å². The Labute approximate surface area is 221 Å². The van der Waals surface area contributed by atoms with Gasteiger partial charge in [-0.25, -0.2) is 4.39 Å². The van der Waals surface area contributed by atoms with Gasteiger partial charge in [0.1, 0.15) is 5.82 Å². The minimum atomic E-state index is -4.73. The number of hydrogen-bond donors (Lipinski definition) is 0. The van der Waals surface area contributed by atoms with Gasteiger partial charge >= 0.3 is 12.3 Å². The van der Waals surface area contributed by atoms with Gasteiger partial charge in [0.25, 0.3) is 0 Å². The lowest BCUT2D eigenvalue weighted by molar-refractivity contribution is -0.301. The number of alkyl halides is 5. The Kier molecular flexibility index (Phi) is 9.27. The van der Waals surface area contributed by atoms with Crippen LogP contribution in [0.25, 0.3) is 6.08 Å². The molecule has 7 heteroatoms. The third-order valence-corrected chi connectivity index (χ3v) is 8.09. The van der Waals surface area contributed by atoms with Crippen LogP contribution in [0.3, 0.4) is 0 Å². The van der Waals surface area contributed by atoms with Gasteiger partial charge in [-0.05, 0) is 98.4 Å². The lowest BCUT2D eigenvalue weighted by Crippen LogP contribution is -2.38. The number of allylic oxidation sites excluding steroid dienone is 1. The molecule has 0 amide bonds. The molecule has 0 bridgehead atoms. The molecule has 0 aliphatic heterocycles. The molecule has 4 rings (SSSR count). The van der Waals surface area contributed by atoms with Crippen molar-refractivity contribution in [3.8, 4) is 0 Å². The van der Waals surface area contributed by atoms with Crippen LogP contribution in [0.5, 0.6) is 0 Å². The Bertz CT molecular complexity index is 1060. The molecule has 38 heavy (non-hydrogen) atoms. The minimum absolute atomic E-state index is 0.0907. The van der Waals surface area contributed by atoms with Gasteiger partial charge in [-0.2, -0.15) is 22.0 Å². The highest BCUT2D eigenvalue weighted by Gasteiger charge is 2.45. The van der Waals surface area contributed by atoms with Crippen LogP contribution in [0.15, 0.2) is 48.5 Å². The van der Waals surface area contributed by atoms with E-state index in [0.717, 1.165) is 37.8 Å². The Hall–Kier alpha value is -2.28. The van der Waals surface area contributed by atoms with Crippen molar-refractivity contribution in [2.24, 2.45) is 11.8 Å². The molecule has 0 heterocycles. The largest absolute Gasteiger partial charge is 0.419 e. The van der Waals surface area contributed by atoms with Crippen LogP contribution in [-0.2, 0) is 17.3 Å². The number of rotatable bonds is 8. The molecule has 0 unspecified atom stereocenters. The van der Waals surface area contributed by atoms with Gasteiger partial charge in [-0.15, -0.1) is 0 Å². The Morgan fingerprint density at radius 3 is 2.08 bits per heavy atom. The molecular weight excluding hydrogens is 502 g/mol. The van der Waals surface area contributed by atoms with E-state index in [1.165, 1.54) is 17.2 Å². The summed E-state index contributed by atoms with van der Waals surface area (Å²) in [5, 5.41) is 0. The lowest BCUT2D eigenvalue weighted by Gasteiger charge is -2.36. The average molecular weight is 539 g/mol. The lowest BCUT2D eigenvalue weighted by atomic mass is 9.78. The van der Waals surface area contributed by atoms with E-state index >= 15 is 8.78 Å². The van der Waals surface area contributed by atoms with Gasteiger partial charge in [0.05, 0.1) is 17.6 Å². The van der Waals surface area contributed by atoms with Crippen LogP contribution in [0.2, 0.25) is 0 Å². The maximum absolute atomic E-state index is 15.0. The maximum atomic E-state index is 15.0. The Balaban J connectivity index is 1.23. The molecule has 2 aliphatic carbocycles. The van der Waals surface area contributed by atoms with E-state index in [9.17, 15) is 17.6 Å². The smallest absolute Gasteiger partial charge is 0.317 e. The predicted octanol–water partition coefficient (Wildman–Crippen LogP) is 9.95. The molecule has 0 aromatic heterocycles. The van der Waals surface area contributed by atoms with Crippen molar-refractivity contribution in [2.75, 3.05) is 0 Å². The van der Waals surface area contributed by atoms with E-state index in [0.29, 0.717) is 50.0 Å². The first-order chi connectivity index (χ1) is 18.0. The normalized spacial score (nSPS) is 25.1. The number of aryl methyl sites for hydroxylation is 1. The molecule has 2 aromatic carbocycles. The first kappa shape index (κ1) is 28.7. The molecule has 0 N–H and O–H groups in total. The summed E-state index contributed by atoms with van der Waals surface area (Å²) >= 11 is 0. The van der Waals surface area contributed by atoms with Crippen molar-refractivity contribution in [1.82, 2.24) is 0 Å². The van der Waals surface area contributed by atoms with Crippen LogP contribution in [0.1, 0.15) is 92.9 Å². The minimum Gasteiger partial charge on any atom is -0.317 e. The first-order valence-electron chi connectivity index (χ1n) is 13.7. The topological polar surface area (TPSA) is 9.23 Å². The fourth-order valence-corrected chi connectivity index (χ4v) is 5.84. The molecule has 208 valence electrons. The quantitative estimate of drug-likeness (QED) is 0.304. The van der Waals surface area contributed by atoms with E-state index in [1.54, 1.807) is 6.08 Å². The highest BCUT2D eigenvalue weighted by molar-refractivity contribution is 5.50. The number of hydrogen-bond acceptors (Lipinski definition) is 1.